The van der Waals surface area contributed by atoms with Gasteiger partial charge in [0, 0.05) is 4.90 Å². The van der Waals surface area contributed by atoms with Crippen molar-refractivity contribution in [1.29, 1.82) is 0 Å². The molecule has 0 radical (unpaired) electrons. The normalized spacial score (nSPS) is 10.7. The maximum atomic E-state index is 3.35. The third-order valence-corrected chi connectivity index (χ3v) is 3.83. The largest absolute Gasteiger partial charge is 0.317 e. The van der Waals surface area contributed by atoms with Crippen LogP contribution in [0.2, 0.25) is 0 Å². The molecule has 0 fully saturated rings. The Hall–Kier alpha value is -0.470. The lowest BCUT2D eigenvalue weighted by molar-refractivity contribution is 0.666. The van der Waals surface area contributed by atoms with E-state index < -0.39 is 0 Å². The van der Waals surface area contributed by atoms with Crippen LogP contribution in [-0.2, 0) is 0 Å². The van der Waals surface area contributed by atoms with E-state index >= 15 is 0 Å². The van der Waals surface area contributed by atoms with Gasteiger partial charge in [0.15, 0.2) is 0 Å². The van der Waals surface area contributed by atoms with Crippen molar-refractivity contribution in [2.75, 3.05) is 18.8 Å². The molecule has 0 saturated carbocycles. The Balaban J connectivity index is 2.19. The van der Waals surface area contributed by atoms with Gasteiger partial charge < -0.3 is 5.32 Å². The highest BCUT2D eigenvalue weighted by atomic mass is 32.2. The van der Waals surface area contributed by atoms with Gasteiger partial charge in [-0.2, -0.15) is 0 Å². The first-order valence-electron chi connectivity index (χ1n) is 6.15. The maximum Gasteiger partial charge on any atom is 0.00747 e. The summed E-state index contributed by atoms with van der Waals surface area (Å²) in [6.45, 7) is 8.75. The summed E-state index contributed by atoms with van der Waals surface area (Å²) in [5.41, 5.74) is 2.79. The molecule has 1 aromatic rings. The Labute approximate surface area is 104 Å². The zero-order chi connectivity index (χ0) is 11.8. The Bertz CT molecular complexity index is 310. The highest BCUT2D eigenvalue weighted by molar-refractivity contribution is 7.99. The molecule has 0 unspecified atom stereocenters. The van der Waals surface area contributed by atoms with Crippen molar-refractivity contribution >= 4 is 11.8 Å². The second-order valence-electron chi connectivity index (χ2n) is 4.16. The van der Waals surface area contributed by atoms with Gasteiger partial charge in [-0.15, -0.1) is 11.8 Å². The minimum absolute atomic E-state index is 1.09. The summed E-state index contributed by atoms with van der Waals surface area (Å²) in [5, 5.41) is 3.35. The summed E-state index contributed by atoms with van der Waals surface area (Å²) >= 11 is 1.97. The van der Waals surface area contributed by atoms with E-state index in [9.17, 15) is 0 Å². The zero-order valence-electron chi connectivity index (χ0n) is 10.7. The average molecular weight is 237 g/mol. The van der Waals surface area contributed by atoms with Gasteiger partial charge >= 0.3 is 0 Å². The van der Waals surface area contributed by atoms with Gasteiger partial charge in [0.1, 0.15) is 0 Å². The number of unbranched alkanes of at least 4 members (excludes halogenated alkanes) is 1. The summed E-state index contributed by atoms with van der Waals surface area (Å²) in [7, 11) is 0. The van der Waals surface area contributed by atoms with Crippen LogP contribution in [0.5, 0.6) is 0 Å². The zero-order valence-corrected chi connectivity index (χ0v) is 11.5. The molecule has 0 aliphatic heterocycles. The molecule has 0 amide bonds. The lowest BCUT2D eigenvalue weighted by Crippen LogP contribution is -2.13. The van der Waals surface area contributed by atoms with Crippen LogP contribution >= 0.6 is 11.8 Å². The van der Waals surface area contributed by atoms with E-state index in [1.54, 1.807) is 0 Å². The fraction of sp³-hybridized carbons (Fsp3) is 0.571. The molecule has 2 heteroatoms. The van der Waals surface area contributed by atoms with Gasteiger partial charge in [-0.05, 0) is 68.8 Å². The van der Waals surface area contributed by atoms with Gasteiger partial charge in [0.25, 0.3) is 0 Å². The number of rotatable bonds is 7. The summed E-state index contributed by atoms with van der Waals surface area (Å²) in [6, 6.07) is 6.75. The van der Waals surface area contributed by atoms with Gasteiger partial charge in [0.2, 0.25) is 0 Å². The Morgan fingerprint density at radius 3 is 2.62 bits per heavy atom. The molecular formula is C14H23NS. The molecule has 1 N–H and O–H groups in total. The first kappa shape index (κ1) is 13.6. The molecule has 0 aromatic heterocycles. The predicted octanol–water partition coefficient (Wildman–Crippen LogP) is 3.79. The third-order valence-electron chi connectivity index (χ3n) is 2.74. The number of thioether (sulfide) groups is 1. The van der Waals surface area contributed by atoms with Gasteiger partial charge in [0.05, 0.1) is 0 Å². The minimum atomic E-state index is 1.09. The molecule has 90 valence electrons. The maximum absolute atomic E-state index is 3.35. The molecule has 0 aliphatic rings. The van der Waals surface area contributed by atoms with E-state index in [4.69, 9.17) is 0 Å². The second kappa shape index (κ2) is 7.75. The number of nitrogens with one attached hydrogen (secondary N) is 1. The molecule has 0 atom stereocenters. The van der Waals surface area contributed by atoms with E-state index in [2.05, 4.69) is 44.3 Å². The van der Waals surface area contributed by atoms with Crippen LogP contribution in [0.15, 0.2) is 23.1 Å². The van der Waals surface area contributed by atoms with Crippen molar-refractivity contribution in [2.45, 2.75) is 38.5 Å². The van der Waals surface area contributed by atoms with E-state index in [1.807, 2.05) is 11.8 Å². The molecule has 1 aromatic carbocycles. The van der Waals surface area contributed by atoms with Crippen LogP contribution < -0.4 is 5.32 Å². The van der Waals surface area contributed by atoms with Crippen molar-refractivity contribution in [3.05, 3.63) is 29.3 Å². The second-order valence-corrected chi connectivity index (χ2v) is 5.32. The van der Waals surface area contributed by atoms with E-state index in [1.165, 1.54) is 34.6 Å². The van der Waals surface area contributed by atoms with Crippen LogP contribution in [0.3, 0.4) is 0 Å². The van der Waals surface area contributed by atoms with Gasteiger partial charge in [-0.25, -0.2) is 0 Å². The quantitative estimate of drug-likeness (QED) is 0.572. The fourth-order valence-electron chi connectivity index (χ4n) is 1.52. The first-order chi connectivity index (χ1) is 7.74. The smallest absolute Gasteiger partial charge is 0.00747 e. The molecule has 1 rings (SSSR count). The van der Waals surface area contributed by atoms with Crippen LogP contribution in [-0.4, -0.2) is 18.8 Å². The monoisotopic (exact) mass is 237 g/mol. The average Bonchev–Trinajstić information content (AvgIpc) is 2.28. The minimum Gasteiger partial charge on any atom is -0.317 e. The molecule has 1 nitrogen and oxygen atoms in total. The van der Waals surface area contributed by atoms with Crippen LogP contribution in [0.1, 0.15) is 30.9 Å². The molecule has 16 heavy (non-hydrogen) atoms. The lowest BCUT2D eigenvalue weighted by Gasteiger charge is -2.05. The number of hydrogen-bond donors (Lipinski definition) is 1. The Kier molecular flexibility index (Phi) is 6.58. The van der Waals surface area contributed by atoms with E-state index in [0.717, 1.165) is 13.1 Å². The van der Waals surface area contributed by atoms with Crippen molar-refractivity contribution in [1.82, 2.24) is 5.32 Å². The predicted molar refractivity (Wildman–Crippen MR) is 74.4 cm³/mol. The summed E-state index contributed by atoms with van der Waals surface area (Å²) in [4.78, 5) is 1.41. The fourth-order valence-corrected chi connectivity index (χ4v) is 2.53. The number of hydrogen-bond acceptors (Lipinski definition) is 2. The van der Waals surface area contributed by atoms with Crippen LogP contribution in [0.25, 0.3) is 0 Å². The topological polar surface area (TPSA) is 12.0 Å². The molecule has 0 bridgehead atoms. The molecule has 0 heterocycles. The number of aryl methyl sites for hydroxylation is 2. The van der Waals surface area contributed by atoms with Crippen molar-refractivity contribution < 1.29 is 0 Å². The Morgan fingerprint density at radius 1 is 1.12 bits per heavy atom. The van der Waals surface area contributed by atoms with Crippen molar-refractivity contribution in [3.8, 4) is 0 Å². The SMILES string of the molecule is CCNCCCCSc1ccc(C)c(C)c1. The Morgan fingerprint density at radius 2 is 1.94 bits per heavy atom. The first-order valence-corrected chi connectivity index (χ1v) is 7.13. The third kappa shape index (κ3) is 5.04. The summed E-state index contributed by atoms with van der Waals surface area (Å²) in [6.07, 6.45) is 2.58. The van der Waals surface area contributed by atoms with Crippen molar-refractivity contribution in [3.63, 3.8) is 0 Å². The van der Waals surface area contributed by atoms with Crippen molar-refractivity contribution in [2.24, 2.45) is 0 Å². The molecule has 0 aliphatic carbocycles. The van der Waals surface area contributed by atoms with E-state index in [-0.39, 0.29) is 0 Å². The van der Waals surface area contributed by atoms with Gasteiger partial charge in [-0.3, -0.25) is 0 Å². The molecule has 0 saturated heterocycles. The number of benzene rings is 1. The van der Waals surface area contributed by atoms with Crippen LogP contribution in [0.4, 0.5) is 0 Å². The lowest BCUT2D eigenvalue weighted by atomic mass is 10.1. The highest BCUT2D eigenvalue weighted by Gasteiger charge is 1.97. The standard InChI is InChI=1S/C14H23NS/c1-4-15-9-5-6-10-16-14-8-7-12(2)13(3)11-14/h7-8,11,15H,4-6,9-10H2,1-3H3. The molecule has 0 spiro atoms. The highest BCUT2D eigenvalue weighted by Crippen LogP contribution is 2.21. The summed E-state index contributed by atoms with van der Waals surface area (Å²) in [5.74, 6) is 1.23. The van der Waals surface area contributed by atoms with Gasteiger partial charge in [-0.1, -0.05) is 13.0 Å². The molecular weight excluding hydrogens is 214 g/mol. The van der Waals surface area contributed by atoms with E-state index in [0.29, 0.717) is 0 Å². The van der Waals surface area contributed by atoms with Crippen LogP contribution in [0, 0.1) is 13.8 Å². The summed E-state index contributed by atoms with van der Waals surface area (Å²) < 4.78 is 0.